The van der Waals surface area contributed by atoms with Crippen molar-refractivity contribution in [3.8, 4) is 0 Å². The van der Waals surface area contributed by atoms with Gasteiger partial charge in [-0.3, -0.25) is 4.79 Å². The van der Waals surface area contributed by atoms with E-state index >= 15 is 4.39 Å². The van der Waals surface area contributed by atoms with Crippen molar-refractivity contribution in [3.05, 3.63) is 47.8 Å². The molecule has 0 saturated heterocycles. The third-order valence-corrected chi connectivity index (χ3v) is 10.8. The molecule has 1 aromatic carbocycles. The summed E-state index contributed by atoms with van der Waals surface area (Å²) in [7, 11) is 1.89. The Labute approximate surface area is 232 Å². The number of halogens is 1. The number of carbonyl (C=O) groups is 1. The Kier molecular flexibility index (Phi) is 11.3. The molecule has 0 N–H and O–H groups in total. The van der Waals surface area contributed by atoms with Crippen molar-refractivity contribution in [2.24, 2.45) is 23.7 Å². The molecule has 3 aliphatic carbocycles. The number of hydrogen-bond donors (Lipinski definition) is 0. The molecule has 0 aliphatic heterocycles. The van der Waals surface area contributed by atoms with Crippen LogP contribution in [0.3, 0.4) is 0 Å². The number of amides is 1. The number of benzene rings is 1. The quantitative estimate of drug-likeness (QED) is 0.209. The maximum atomic E-state index is 15.1. The second-order valence-electron chi connectivity index (χ2n) is 13.1. The van der Waals surface area contributed by atoms with E-state index in [4.69, 9.17) is 0 Å². The van der Waals surface area contributed by atoms with Crippen molar-refractivity contribution < 1.29 is 9.18 Å². The lowest BCUT2D eigenvalue weighted by Crippen LogP contribution is -2.38. The topological polar surface area (TPSA) is 20.3 Å². The Bertz CT molecular complexity index is 872. The first-order valence-corrected chi connectivity index (χ1v) is 16.2. The fourth-order valence-corrected chi connectivity index (χ4v) is 8.08. The Balaban J connectivity index is 1.17. The molecule has 0 aromatic heterocycles. The zero-order valence-electron chi connectivity index (χ0n) is 24.4. The highest BCUT2D eigenvalue weighted by Gasteiger charge is 2.31. The third-order valence-electron chi connectivity index (χ3n) is 10.8. The van der Waals surface area contributed by atoms with Crippen LogP contribution in [0, 0.1) is 29.5 Å². The lowest BCUT2D eigenvalue weighted by atomic mass is 9.68. The first kappa shape index (κ1) is 29.3. The minimum Gasteiger partial charge on any atom is -0.339 e. The second kappa shape index (κ2) is 14.7. The summed E-state index contributed by atoms with van der Waals surface area (Å²) in [5, 5.41) is 0. The molecule has 0 bridgehead atoms. The number of hydrogen-bond acceptors (Lipinski definition) is 1. The summed E-state index contributed by atoms with van der Waals surface area (Å²) in [5.74, 6) is 4.08. The highest BCUT2D eigenvalue weighted by atomic mass is 19.1. The van der Waals surface area contributed by atoms with E-state index in [0.29, 0.717) is 17.9 Å². The van der Waals surface area contributed by atoms with E-state index in [9.17, 15) is 4.79 Å². The number of unbranched alkanes of at least 4 members (excludes halogenated alkanes) is 2. The van der Waals surface area contributed by atoms with Crippen LogP contribution in [0.2, 0.25) is 0 Å². The number of rotatable bonds is 11. The number of carbonyl (C=O) groups excluding carboxylic acids is 1. The van der Waals surface area contributed by atoms with E-state index in [1.807, 2.05) is 18.0 Å². The Hall–Kier alpha value is -1.64. The lowest BCUT2D eigenvalue weighted by Gasteiger charge is -2.38. The van der Waals surface area contributed by atoms with Gasteiger partial charge in [-0.15, -0.1) is 0 Å². The molecule has 4 rings (SSSR count). The van der Waals surface area contributed by atoms with Crippen molar-refractivity contribution in [2.75, 3.05) is 7.05 Å². The lowest BCUT2D eigenvalue weighted by molar-refractivity contribution is -0.127. The number of likely N-dealkylation sites (N-methyl/N-ethyl adjacent to an activating group) is 1. The molecular weight excluding hydrogens is 469 g/mol. The van der Waals surface area contributed by atoms with E-state index in [0.717, 1.165) is 61.8 Å². The Morgan fingerprint density at radius 1 is 0.895 bits per heavy atom. The monoisotopic (exact) mass is 523 g/mol. The number of nitrogens with zero attached hydrogens (tertiary/aromatic N) is 1. The molecule has 0 atom stereocenters. The van der Waals surface area contributed by atoms with Gasteiger partial charge in [0.05, 0.1) is 0 Å². The van der Waals surface area contributed by atoms with Crippen LogP contribution >= 0.6 is 0 Å². The van der Waals surface area contributed by atoms with Gasteiger partial charge in [0.1, 0.15) is 5.82 Å². The molecular formula is C35H54FNO. The second-order valence-corrected chi connectivity index (χ2v) is 13.1. The molecule has 0 heterocycles. The largest absolute Gasteiger partial charge is 0.339 e. The van der Waals surface area contributed by atoms with Crippen LogP contribution in [0.5, 0.6) is 0 Å². The predicted molar refractivity (Wildman–Crippen MR) is 158 cm³/mol. The molecule has 3 heteroatoms. The van der Waals surface area contributed by atoms with Crippen molar-refractivity contribution >= 4 is 5.91 Å². The summed E-state index contributed by atoms with van der Waals surface area (Å²) in [6.45, 7) is 5.91. The zero-order valence-corrected chi connectivity index (χ0v) is 24.4. The van der Waals surface area contributed by atoms with Crippen LogP contribution in [-0.4, -0.2) is 23.9 Å². The molecule has 1 aromatic rings. The first-order valence-electron chi connectivity index (χ1n) is 16.2. The van der Waals surface area contributed by atoms with E-state index in [-0.39, 0.29) is 11.7 Å². The SMILES string of the molecule is C=CC(=O)N(C)C1CCC(CCc2ccc(C3CCC(C4CCC(CCCCC)CC4)CC3)cc2F)CC1. The van der Waals surface area contributed by atoms with Crippen molar-refractivity contribution in [1.82, 2.24) is 4.90 Å². The molecule has 0 spiro atoms. The van der Waals surface area contributed by atoms with Crippen molar-refractivity contribution in [2.45, 2.75) is 134 Å². The fraction of sp³-hybridized carbons (Fsp3) is 0.743. The molecule has 38 heavy (non-hydrogen) atoms. The first-order chi connectivity index (χ1) is 18.5. The highest BCUT2D eigenvalue weighted by molar-refractivity contribution is 5.87. The van der Waals surface area contributed by atoms with Crippen molar-refractivity contribution in [3.63, 3.8) is 0 Å². The minimum absolute atomic E-state index is 0.0102. The van der Waals surface area contributed by atoms with Gasteiger partial charge in [0.2, 0.25) is 5.91 Å². The van der Waals surface area contributed by atoms with Gasteiger partial charge in [-0.1, -0.05) is 64.2 Å². The summed E-state index contributed by atoms with van der Waals surface area (Å²) >= 11 is 0. The van der Waals surface area contributed by atoms with Gasteiger partial charge in [-0.25, -0.2) is 4.39 Å². The van der Waals surface area contributed by atoms with Gasteiger partial charge in [0.25, 0.3) is 0 Å². The molecule has 1 amide bonds. The molecule has 212 valence electrons. The predicted octanol–water partition coefficient (Wildman–Crippen LogP) is 9.62. The summed E-state index contributed by atoms with van der Waals surface area (Å²) in [6.07, 6.45) is 24.3. The van der Waals surface area contributed by atoms with Crippen LogP contribution in [0.4, 0.5) is 4.39 Å². The Morgan fingerprint density at radius 3 is 2.11 bits per heavy atom. The average molecular weight is 524 g/mol. The van der Waals surface area contributed by atoms with Crippen molar-refractivity contribution in [1.29, 1.82) is 0 Å². The molecule has 3 fully saturated rings. The van der Waals surface area contributed by atoms with E-state index in [1.54, 1.807) is 0 Å². The average Bonchev–Trinajstić information content (AvgIpc) is 2.96. The molecule has 3 saturated carbocycles. The molecule has 0 radical (unpaired) electrons. The number of aryl methyl sites for hydroxylation is 1. The van der Waals surface area contributed by atoms with Crippen LogP contribution in [0.25, 0.3) is 0 Å². The van der Waals surface area contributed by atoms with Crippen LogP contribution < -0.4 is 0 Å². The van der Waals surface area contributed by atoms with E-state index < -0.39 is 0 Å². The summed E-state index contributed by atoms with van der Waals surface area (Å²) in [4.78, 5) is 13.7. The summed E-state index contributed by atoms with van der Waals surface area (Å²) in [5.41, 5.74) is 2.12. The zero-order chi connectivity index (χ0) is 26.9. The van der Waals surface area contributed by atoms with Gasteiger partial charge >= 0.3 is 0 Å². The highest BCUT2D eigenvalue weighted by Crippen LogP contribution is 2.44. The van der Waals surface area contributed by atoms with Crippen LogP contribution in [0.1, 0.15) is 133 Å². The van der Waals surface area contributed by atoms with Crippen LogP contribution in [-0.2, 0) is 11.2 Å². The fourth-order valence-electron chi connectivity index (χ4n) is 8.08. The van der Waals surface area contributed by atoms with Gasteiger partial charge in [0.15, 0.2) is 0 Å². The summed E-state index contributed by atoms with van der Waals surface area (Å²) < 4.78 is 15.1. The minimum atomic E-state index is 0.0102. The molecule has 3 aliphatic rings. The normalized spacial score (nSPS) is 30.1. The molecule has 0 unspecified atom stereocenters. The molecule has 2 nitrogen and oxygen atoms in total. The van der Waals surface area contributed by atoms with Gasteiger partial charge in [0, 0.05) is 13.1 Å². The maximum Gasteiger partial charge on any atom is 0.245 e. The summed E-state index contributed by atoms with van der Waals surface area (Å²) in [6, 6.07) is 6.51. The van der Waals surface area contributed by atoms with Gasteiger partial charge in [-0.2, -0.15) is 0 Å². The van der Waals surface area contributed by atoms with Gasteiger partial charge in [-0.05, 0) is 130 Å². The maximum absolute atomic E-state index is 15.1. The third kappa shape index (κ3) is 7.95. The van der Waals surface area contributed by atoms with E-state index in [2.05, 4.69) is 25.6 Å². The van der Waals surface area contributed by atoms with Gasteiger partial charge < -0.3 is 4.90 Å². The van der Waals surface area contributed by atoms with Crippen LogP contribution in [0.15, 0.2) is 30.9 Å². The Morgan fingerprint density at radius 2 is 1.50 bits per heavy atom. The standard InChI is InChI=1S/C35H54FNO/c1-4-6-7-8-26-9-14-28(15-10-26)29-17-19-30(20-18-29)32-22-21-31(34(36)25-32)16-11-27-12-23-33(24-13-27)37(3)35(38)5-2/h5,21-22,25-30,33H,2,4,6-20,23-24H2,1,3H3. The van der Waals surface area contributed by atoms with E-state index in [1.165, 1.54) is 88.7 Å². The smallest absolute Gasteiger partial charge is 0.245 e.